The average molecular weight is 617 g/mol. The number of ether oxygens (including phenoxy) is 1. The molecule has 4 atom stereocenters. The number of nitrogen functional groups attached to an aromatic ring is 1. The Morgan fingerprint density at radius 1 is 1.02 bits per heavy atom. The number of halogens is 6. The molecule has 0 saturated carbocycles. The molecule has 4 unspecified atom stereocenters. The van der Waals surface area contributed by atoms with Crippen LogP contribution in [0.25, 0.3) is 22.2 Å². The van der Waals surface area contributed by atoms with E-state index in [-0.39, 0.29) is 42.2 Å². The molecule has 11 nitrogen and oxygen atoms in total. The maximum atomic E-state index is 13.5. The summed E-state index contributed by atoms with van der Waals surface area (Å²) in [5.74, 6) is 0.308. The van der Waals surface area contributed by atoms with E-state index in [1.807, 2.05) is 18.7 Å². The Kier molecular flexibility index (Phi) is 8.28. The van der Waals surface area contributed by atoms with E-state index < -0.39 is 53.5 Å². The molecule has 0 bridgehead atoms. The second-order valence-corrected chi connectivity index (χ2v) is 10.8. The van der Waals surface area contributed by atoms with E-state index in [0.717, 1.165) is 0 Å². The summed E-state index contributed by atoms with van der Waals surface area (Å²) in [6, 6.07) is 0.715. The number of rotatable bonds is 9. The molecule has 1 saturated heterocycles. The van der Waals surface area contributed by atoms with Gasteiger partial charge in [-0.25, -0.2) is 19.9 Å². The van der Waals surface area contributed by atoms with Crippen molar-refractivity contribution in [1.29, 1.82) is 0 Å². The highest BCUT2D eigenvalue weighted by atomic mass is 19.4. The molecule has 1 aliphatic rings. The molecule has 0 radical (unpaired) electrons. The molecule has 3 aromatic heterocycles. The maximum Gasteiger partial charge on any atom is 0.418 e. The molecule has 0 aliphatic carbocycles. The van der Waals surface area contributed by atoms with E-state index in [4.69, 9.17) is 10.5 Å². The van der Waals surface area contributed by atoms with E-state index in [1.165, 1.54) is 17.2 Å². The van der Waals surface area contributed by atoms with Gasteiger partial charge in [-0.2, -0.15) is 26.3 Å². The summed E-state index contributed by atoms with van der Waals surface area (Å²) < 4.78 is 87.5. The second kappa shape index (κ2) is 11.5. The van der Waals surface area contributed by atoms with Crippen molar-refractivity contribution in [3.05, 3.63) is 41.7 Å². The first-order valence-electron chi connectivity index (χ1n) is 13.5. The number of aliphatic hydroxyl groups excluding tert-OH is 2. The van der Waals surface area contributed by atoms with Gasteiger partial charge in [-0.15, -0.1) is 0 Å². The maximum absolute atomic E-state index is 13.5. The van der Waals surface area contributed by atoms with Gasteiger partial charge >= 0.3 is 12.4 Å². The van der Waals surface area contributed by atoms with Gasteiger partial charge < -0.3 is 25.7 Å². The fourth-order valence-corrected chi connectivity index (χ4v) is 5.23. The first-order valence-corrected chi connectivity index (χ1v) is 13.5. The van der Waals surface area contributed by atoms with Crippen molar-refractivity contribution < 1.29 is 41.3 Å². The van der Waals surface area contributed by atoms with Gasteiger partial charge in [0.25, 0.3) is 0 Å². The lowest BCUT2D eigenvalue weighted by atomic mass is 10.1. The topological polar surface area (TPSA) is 151 Å². The number of aromatic amines is 1. The molecule has 43 heavy (non-hydrogen) atoms. The number of aryl methyl sites for hydroxylation is 1. The number of unbranched alkanes of at least 4 members (excludes halogenated alkanes) is 1. The van der Waals surface area contributed by atoms with Gasteiger partial charge in [0.1, 0.15) is 41.5 Å². The summed E-state index contributed by atoms with van der Waals surface area (Å²) >= 11 is 0. The Labute approximate surface area is 240 Å². The number of H-pyrrole nitrogens is 1. The first kappa shape index (κ1) is 30.9. The van der Waals surface area contributed by atoms with Gasteiger partial charge in [0, 0.05) is 19.0 Å². The molecule has 234 valence electrons. The predicted molar refractivity (Wildman–Crippen MR) is 141 cm³/mol. The lowest BCUT2D eigenvalue weighted by Crippen LogP contribution is -2.43. The van der Waals surface area contributed by atoms with Crippen molar-refractivity contribution in [2.24, 2.45) is 0 Å². The summed E-state index contributed by atoms with van der Waals surface area (Å²) in [6.45, 7) is 4.65. The van der Waals surface area contributed by atoms with Crippen molar-refractivity contribution in [2.75, 3.05) is 18.8 Å². The molecule has 4 heterocycles. The summed E-state index contributed by atoms with van der Waals surface area (Å²) in [7, 11) is 0. The SMILES string of the molecule is CC(C)N(CCCCc1nc2c(C(F)(F)F)cc(C(F)(F)F)cc2[nH]1)CC1OC(n2cnc3c(N)ncnc32)C(O)C1O. The number of nitrogens with one attached hydrogen (secondary N) is 1. The fraction of sp³-hybridized carbons (Fsp3) is 0.538. The molecule has 1 aliphatic heterocycles. The predicted octanol–water partition coefficient (Wildman–Crippen LogP) is 3.67. The van der Waals surface area contributed by atoms with Crippen LogP contribution in [0.4, 0.5) is 32.2 Å². The summed E-state index contributed by atoms with van der Waals surface area (Å²) in [6.07, 6.45) is -10.3. The molecule has 5 rings (SSSR count). The molecule has 0 spiro atoms. The Morgan fingerprint density at radius 2 is 1.77 bits per heavy atom. The Hall–Kier alpha value is -3.54. The zero-order chi connectivity index (χ0) is 31.3. The van der Waals surface area contributed by atoms with Crippen LogP contribution in [0.5, 0.6) is 0 Å². The van der Waals surface area contributed by atoms with Gasteiger partial charge in [0.2, 0.25) is 0 Å². The molecule has 0 amide bonds. The highest BCUT2D eigenvalue weighted by Gasteiger charge is 2.45. The Bertz CT molecular complexity index is 1590. The molecule has 4 aromatic rings. The number of aliphatic hydroxyl groups is 2. The van der Waals surface area contributed by atoms with Crippen LogP contribution in [0.2, 0.25) is 0 Å². The number of nitrogens with zero attached hydrogens (tertiary/aromatic N) is 6. The van der Waals surface area contributed by atoms with Gasteiger partial charge in [-0.1, -0.05) is 0 Å². The monoisotopic (exact) mass is 616 g/mol. The van der Waals surface area contributed by atoms with Crippen molar-refractivity contribution in [3.63, 3.8) is 0 Å². The third-order valence-electron chi connectivity index (χ3n) is 7.52. The average Bonchev–Trinajstić information content (AvgIpc) is 3.60. The standard InChI is InChI=1S/C26H30F6N8O3/c1-12(2)39(9-16-20(41)21(42)24(43-16)40-11-36-19-22(33)34-10-35-23(19)40)6-4-3-5-17-37-15-8-13(25(27,28)29)7-14(18(15)38-17)26(30,31)32/h7-8,10-12,16,20-21,24,41-42H,3-6,9H2,1-2H3,(H,37,38)(H2,33,34,35). The number of anilines is 1. The number of fused-ring (bicyclic) bond motifs is 2. The van der Waals surface area contributed by atoms with Crippen molar-refractivity contribution in [1.82, 2.24) is 34.4 Å². The quantitative estimate of drug-likeness (QED) is 0.163. The van der Waals surface area contributed by atoms with Gasteiger partial charge in [-0.3, -0.25) is 9.47 Å². The Morgan fingerprint density at radius 3 is 2.44 bits per heavy atom. The Balaban J connectivity index is 1.22. The molecule has 17 heteroatoms. The molecular weight excluding hydrogens is 586 g/mol. The third kappa shape index (κ3) is 6.25. The van der Waals surface area contributed by atoms with E-state index in [2.05, 4.69) is 24.9 Å². The second-order valence-electron chi connectivity index (χ2n) is 10.8. The molecule has 5 N–H and O–H groups in total. The zero-order valence-electron chi connectivity index (χ0n) is 23.1. The molecule has 1 fully saturated rings. The van der Waals surface area contributed by atoms with Crippen molar-refractivity contribution in [3.8, 4) is 0 Å². The number of nitrogens with two attached hydrogens (primary N) is 1. The van der Waals surface area contributed by atoms with E-state index >= 15 is 0 Å². The van der Waals surface area contributed by atoms with E-state index in [1.54, 1.807) is 0 Å². The summed E-state index contributed by atoms with van der Waals surface area (Å²) in [5.41, 5.74) is 2.78. The number of hydrogen-bond acceptors (Lipinski definition) is 9. The van der Waals surface area contributed by atoms with Gasteiger partial charge in [0.05, 0.1) is 23.0 Å². The van der Waals surface area contributed by atoms with Crippen LogP contribution in [0, 0.1) is 0 Å². The number of alkyl halides is 6. The summed E-state index contributed by atoms with van der Waals surface area (Å²) in [5, 5.41) is 21.5. The highest BCUT2D eigenvalue weighted by molar-refractivity contribution is 5.81. The van der Waals surface area contributed by atoms with Crippen molar-refractivity contribution >= 4 is 28.0 Å². The summed E-state index contributed by atoms with van der Waals surface area (Å²) in [4.78, 5) is 20.8. The van der Waals surface area contributed by atoms with E-state index in [9.17, 15) is 36.6 Å². The number of benzene rings is 1. The van der Waals surface area contributed by atoms with Crippen LogP contribution in [0.1, 0.15) is 49.9 Å². The largest absolute Gasteiger partial charge is 0.418 e. The van der Waals surface area contributed by atoms with Crippen LogP contribution in [0.3, 0.4) is 0 Å². The fourth-order valence-electron chi connectivity index (χ4n) is 5.23. The first-order chi connectivity index (χ1) is 20.1. The van der Waals surface area contributed by atoms with Crippen LogP contribution >= 0.6 is 0 Å². The third-order valence-corrected chi connectivity index (χ3v) is 7.52. The highest BCUT2D eigenvalue weighted by Crippen LogP contribution is 2.39. The lowest BCUT2D eigenvalue weighted by Gasteiger charge is -2.30. The van der Waals surface area contributed by atoms with Crippen LogP contribution in [-0.4, -0.2) is 82.0 Å². The van der Waals surface area contributed by atoms with Crippen molar-refractivity contribution in [2.45, 2.75) is 76.0 Å². The number of imidazole rings is 2. The normalized spacial score (nSPS) is 21.7. The number of hydrogen-bond donors (Lipinski definition) is 4. The van der Waals surface area contributed by atoms with Gasteiger partial charge in [0.15, 0.2) is 17.7 Å². The smallest absolute Gasteiger partial charge is 0.387 e. The minimum atomic E-state index is -5.00. The molecular formula is C26H30F6N8O3. The van der Waals surface area contributed by atoms with Crippen LogP contribution in [-0.2, 0) is 23.5 Å². The lowest BCUT2D eigenvalue weighted by molar-refractivity contribution is -0.142. The molecule has 1 aromatic carbocycles. The van der Waals surface area contributed by atoms with Crippen LogP contribution < -0.4 is 5.73 Å². The zero-order valence-corrected chi connectivity index (χ0v) is 23.1. The minimum Gasteiger partial charge on any atom is -0.387 e. The van der Waals surface area contributed by atoms with E-state index in [0.29, 0.717) is 36.6 Å². The van der Waals surface area contributed by atoms with Gasteiger partial charge in [-0.05, 0) is 45.4 Å². The number of aromatic nitrogens is 6. The minimum absolute atomic E-state index is 0.00921. The van der Waals surface area contributed by atoms with Crippen LogP contribution in [0.15, 0.2) is 24.8 Å².